The van der Waals surface area contributed by atoms with Crippen LogP contribution in [0.3, 0.4) is 0 Å². The van der Waals surface area contributed by atoms with Crippen LogP contribution in [0.25, 0.3) is 0 Å². The van der Waals surface area contributed by atoms with Crippen molar-refractivity contribution in [2.24, 2.45) is 0 Å². The smallest absolute Gasteiger partial charge is 0.230 e. The number of methoxy groups -OCH3 is 2. The number of aromatic nitrogens is 1. The van der Waals surface area contributed by atoms with Gasteiger partial charge in [0, 0.05) is 18.8 Å². The van der Waals surface area contributed by atoms with Crippen LogP contribution in [-0.4, -0.2) is 29.8 Å². The zero-order chi connectivity index (χ0) is 14.5. The van der Waals surface area contributed by atoms with Crippen molar-refractivity contribution in [1.29, 1.82) is 0 Å². The number of carbonyl (C=O) groups excluding carboxylic acids is 1. The maximum Gasteiger partial charge on any atom is 0.230 e. The van der Waals surface area contributed by atoms with Crippen molar-refractivity contribution in [3.8, 4) is 17.2 Å². The van der Waals surface area contributed by atoms with Gasteiger partial charge in [-0.1, -0.05) is 0 Å². The third-order valence-corrected chi connectivity index (χ3v) is 3.06. The zero-order valence-corrected chi connectivity index (χ0v) is 11.5. The summed E-state index contributed by atoms with van der Waals surface area (Å²) in [5, 5.41) is 9.82. The number of hydrogen-bond donors (Lipinski definition) is 1. The monoisotopic (exact) mass is 275 g/mol. The van der Waals surface area contributed by atoms with Gasteiger partial charge in [0.15, 0.2) is 11.5 Å². The van der Waals surface area contributed by atoms with Crippen molar-refractivity contribution in [1.82, 2.24) is 4.57 Å². The highest BCUT2D eigenvalue weighted by molar-refractivity contribution is 5.79. The van der Waals surface area contributed by atoms with Crippen LogP contribution in [0, 0.1) is 0 Å². The van der Waals surface area contributed by atoms with E-state index < -0.39 is 0 Å². The van der Waals surface area contributed by atoms with E-state index in [1.807, 2.05) is 12.1 Å². The SMILES string of the molecule is COc1cc(CCC(=O)n2cccc2)cc(OC)c1O. The van der Waals surface area contributed by atoms with Crippen LogP contribution in [0.4, 0.5) is 0 Å². The molecule has 0 amide bonds. The molecule has 1 aromatic heterocycles. The molecule has 0 radical (unpaired) electrons. The average molecular weight is 275 g/mol. The molecule has 0 unspecified atom stereocenters. The number of aromatic hydroxyl groups is 1. The fourth-order valence-electron chi connectivity index (χ4n) is 1.97. The van der Waals surface area contributed by atoms with Crippen LogP contribution in [0.5, 0.6) is 17.2 Å². The second-order valence-electron chi connectivity index (χ2n) is 4.33. The lowest BCUT2D eigenvalue weighted by Gasteiger charge is -2.11. The minimum atomic E-state index is -0.0320. The van der Waals surface area contributed by atoms with Gasteiger partial charge in [0.2, 0.25) is 11.7 Å². The molecule has 0 spiro atoms. The summed E-state index contributed by atoms with van der Waals surface area (Å²) in [7, 11) is 2.95. The lowest BCUT2D eigenvalue weighted by atomic mass is 10.1. The summed E-state index contributed by atoms with van der Waals surface area (Å²) < 4.78 is 11.7. The van der Waals surface area contributed by atoms with Crippen LogP contribution in [-0.2, 0) is 6.42 Å². The Morgan fingerprint density at radius 1 is 1.15 bits per heavy atom. The standard InChI is InChI=1S/C15H17NO4/c1-19-12-9-11(10-13(20-2)15(12)18)5-6-14(17)16-7-3-4-8-16/h3-4,7-10,18H,5-6H2,1-2H3. The molecule has 106 valence electrons. The third kappa shape index (κ3) is 2.93. The van der Waals surface area contributed by atoms with Crippen molar-refractivity contribution < 1.29 is 19.4 Å². The second-order valence-corrected chi connectivity index (χ2v) is 4.33. The Morgan fingerprint density at radius 2 is 1.70 bits per heavy atom. The molecule has 0 fully saturated rings. The quantitative estimate of drug-likeness (QED) is 0.910. The number of phenols is 1. The number of carbonyl (C=O) groups is 1. The fourth-order valence-corrected chi connectivity index (χ4v) is 1.97. The first kappa shape index (κ1) is 14.0. The first-order valence-electron chi connectivity index (χ1n) is 6.25. The van der Waals surface area contributed by atoms with E-state index >= 15 is 0 Å². The van der Waals surface area contributed by atoms with Crippen molar-refractivity contribution >= 4 is 5.91 Å². The molecule has 5 nitrogen and oxygen atoms in total. The summed E-state index contributed by atoms with van der Waals surface area (Å²) in [5.41, 5.74) is 0.872. The molecule has 0 aliphatic heterocycles. The van der Waals surface area contributed by atoms with Gasteiger partial charge in [0.1, 0.15) is 0 Å². The molecule has 0 saturated carbocycles. The number of benzene rings is 1. The molecule has 0 bridgehead atoms. The number of nitrogens with zero attached hydrogens (tertiary/aromatic N) is 1. The highest BCUT2D eigenvalue weighted by Crippen LogP contribution is 2.37. The topological polar surface area (TPSA) is 60.7 Å². The van der Waals surface area contributed by atoms with Gasteiger partial charge in [-0.15, -0.1) is 0 Å². The van der Waals surface area contributed by atoms with Gasteiger partial charge >= 0.3 is 0 Å². The number of hydrogen-bond acceptors (Lipinski definition) is 4. The van der Waals surface area contributed by atoms with Gasteiger partial charge in [-0.3, -0.25) is 9.36 Å². The van der Waals surface area contributed by atoms with E-state index in [1.165, 1.54) is 14.2 Å². The predicted octanol–water partition coefficient (Wildman–Crippen LogP) is 2.48. The summed E-state index contributed by atoms with van der Waals surface area (Å²) in [4.78, 5) is 11.9. The van der Waals surface area contributed by atoms with Crippen LogP contribution in [0.2, 0.25) is 0 Å². The summed E-state index contributed by atoms with van der Waals surface area (Å²) in [5.74, 6) is 0.664. The largest absolute Gasteiger partial charge is 0.502 e. The number of ether oxygens (including phenoxy) is 2. The Kier molecular flexibility index (Phi) is 4.30. The minimum Gasteiger partial charge on any atom is -0.502 e. The second kappa shape index (κ2) is 6.14. The predicted molar refractivity (Wildman–Crippen MR) is 74.6 cm³/mol. The van der Waals surface area contributed by atoms with Crippen molar-refractivity contribution in [3.63, 3.8) is 0 Å². The van der Waals surface area contributed by atoms with E-state index in [0.29, 0.717) is 24.3 Å². The van der Waals surface area contributed by atoms with E-state index in [9.17, 15) is 9.90 Å². The van der Waals surface area contributed by atoms with Crippen molar-refractivity contribution in [3.05, 3.63) is 42.2 Å². The maximum absolute atomic E-state index is 11.9. The molecule has 0 saturated heterocycles. The summed E-state index contributed by atoms with van der Waals surface area (Å²) in [6.45, 7) is 0. The molecular weight excluding hydrogens is 258 g/mol. The number of aryl methyl sites for hydroxylation is 1. The van der Waals surface area contributed by atoms with Gasteiger partial charge in [-0.25, -0.2) is 0 Å². The molecule has 5 heteroatoms. The van der Waals surface area contributed by atoms with Crippen LogP contribution >= 0.6 is 0 Å². The average Bonchev–Trinajstić information content (AvgIpc) is 3.00. The Morgan fingerprint density at radius 3 is 2.20 bits per heavy atom. The number of rotatable bonds is 5. The van der Waals surface area contributed by atoms with Crippen LogP contribution < -0.4 is 9.47 Å². The van der Waals surface area contributed by atoms with Crippen LogP contribution in [0.1, 0.15) is 16.8 Å². The molecule has 0 aliphatic carbocycles. The molecule has 1 aromatic carbocycles. The molecule has 0 atom stereocenters. The fraction of sp³-hybridized carbons (Fsp3) is 0.267. The third-order valence-electron chi connectivity index (χ3n) is 3.06. The van der Waals surface area contributed by atoms with Gasteiger partial charge in [-0.05, 0) is 36.2 Å². The van der Waals surface area contributed by atoms with Gasteiger partial charge in [0.25, 0.3) is 0 Å². The van der Waals surface area contributed by atoms with Gasteiger partial charge in [0.05, 0.1) is 14.2 Å². The first-order chi connectivity index (χ1) is 9.65. The van der Waals surface area contributed by atoms with E-state index in [-0.39, 0.29) is 11.7 Å². The van der Waals surface area contributed by atoms with Crippen molar-refractivity contribution in [2.75, 3.05) is 14.2 Å². The summed E-state index contributed by atoms with van der Waals surface area (Å²) in [6, 6.07) is 7.04. The van der Waals surface area contributed by atoms with E-state index in [4.69, 9.17) is 9.47 Å². The first-order valence-corrected chi connectivity index (χ1v) is 6.25. The molecule has 2 rings (SSSR count). The normalized spacial score (nSPS) is 10.3. The minimum absolute atomic E-state index is 0.0148. The number of phenolic OH excluding ortho intramolecular Hbond substituents is 1. The summed E-state index contributed by atoms with van der Waals surface area (Å²) in [6.07, 6.45) is 4.36. The molecule has 1 N–H and O–H groups in total. The lowest BCUT2D eigenvalue weighted by molar-refractivity contribution is 0.0903. The van der Waals surface area contributed by atoms with E-state index in [1.54, 1.807) is 29.1 Å². The Hall–Kier alpha value is -2.43. The Bertz CT molecular complexity index is 565. The van der Waals surface area contributed by atoms with Crippen LogP contribution in [0.15, 0.2) is 36.7 Å². The highest BCUT2D eigenvalue weighted by atomic mass is 16.5. The molecule has 0 aliphatic rings. The molecular formula is C15H17NO4. The molecule has 1 heterocycles. The zero-order valence-electron chi connectivity index (χ0n) is 11.5. The van der Waals surface area contributed by atoms with E-state index in [2.05, 4.69) is 0 Å². The lowest BCUT2D eigenvalue weighted by Crippen LogP contribution is -2.09. The summed E-state index contributed by atoms with van der Waals surface area (Å²) >= 11 is 0. The van der Waals surface area contributed by atoms with Crippen molar-refractivity contribution in [2.45, 2.75) is 12.8 Å². The van der Waals surface area contributed by atoms with Gasteiger partial charge < -0.3 is 14.6 Å². The Balaban J connectivity index is 2.11. The maximum atomic E-state index is 11.9. The highest BCUT2D eigenvalue weighted by Gasteiger charge is 2.12. The molecule has 2 aromatic rings. The molecule has 20 heavy (non-hydrogen) atoms. The Labute approximate surface area is 117 Å². The van der Waals surface area contributed by atoms with Gasteiger partial charge in [-0.2, -0.15) is 0 Å². The van der Waals surface area contributed by atoms with E-state index in [0.717, 1.165) is 5.56 Å².